The Hall–Kier alpha value is -0.910. The molecule has 0 radical (unpaired) electrons. The molecule has 1 saturated heterocycles. The molecule has 1 N–H and O–H groups in total. The molecule has 5 nitrogen and oxygen atoms in total. The maximum absolute atomic E-state index is 12.1. The molecule has 6 heteroatoms. The van der Waals surface area contributed by atoms with Crippen LogP contribution in [0.5, 0.6) is 0 Å². The first-order valence-corrected chi connectivity index (χ1v) is 9.15. The van der Waals surface area contributed by atoms with E-state index >= 15 is 0 Å². The van der Waals surface area contributed by atoms with Crippen molar-refractivity contribution in [3.63, 3.8) is 0 Å². The molecular formula is C15H28N2O3S. The summed E-state index contributed by atoms with van der Waals surface area (Å²) in [7, 11) is 0. The number of carbonyl (C=O) groups excluding carboxylic acids is 2. The SMILES string of the molecule is CCCCCCCCNC(=O)C1CSCN1C(=O)OCC. The molecule has 2 amide bonds. The molecular weight excluding hydrogens is 288 g/mol. The predicted octanol–water partition coefficient (Wildman–Crippen LogP) is 2.99. The van der Waals surface area contributed by atoms with Crippen LogP contribution in [0.2, 0.25) is 0 Å². The molecule has 0 aromatic heterocycles. The van der Waals surface area contributed by atoms with Gasteiger partial charge in [0.2, 0.25) is 5.91 Å². The Labute approximate surface area is 132 Å². The molecule has 0 aliphatic carbocycles. The van der Waals surface area contributed by atoms with Crippen LogP contribution in [0, 0.1) is 0 Å². The number of ether oxygens (including phenoxy) is 1. The van der Waals surface area contributed by atoms with E-state index in [9.17, 15) is 9.59 Å². The number of unbranched alkanes of at least 4 members (excludes halogenated alkanes) is 5. The number of hydrogen-bond donors (Lipinski definition) is 1. The minimum absolute atomic E-state index is 0.0541. The lowest BCUT2D eigenvalue weighted by Crippen LogP contribution is -2.47. The minimum atomic E-state index is -0.387. The number of nitrogens with zero attached hydrogens (tertiary/aromatic N) is 1. The van der Waals surface area contributed by atoms with Crippen molar-refractivity contribution in [2.45, 2.75) is 58.4 Å². The molecule has 0 bridgehead atoms. The standard InChI is InChI=1S/C15H28N2O3S/c1-3-5-6-7-8-9-10-16-14(18)13-11-21-12-17(13)15(19)20-4-2/h13H,3-12H2,1-2H3,(H,16,18). The van der Waals surface area contributed by atoms with E-state index in [1.165, 1.54) is 30.6 Å². The first kappa shape index (κ1) is 18.1. The van der Waals surface area contributed by atoms with Crippen LogP contribution in [0.4, 0.5) is 4.79 Å². The van der Waals surface area contributed by atoms with Crippen molar-refractivity contribution in [2.24, 2.45) is 0 Å². The fourth-order valence-electron chi connectivity index (χ4n) is 2.28. The lowest BCUT2D eigenvalue weighted by atomic mass is 10.1. The number of thioether (sulfide) groups is 1. The third kappa shape index (κ3) is 6.59. The number of nitrogens with one attached hydrogen (secondary N) is 1. The second-order valence-electron chi connectivity index (χ2n) is 5.24. The summed E-state index contributed by atoms with van der Waals surface area (Å²) >= 11 is 1.59. The summed E-state index contributed by atoms with van der Waals surface area (Å²) in [6.45, 7) is 5.01. The number of carbonyl (C=O) groups is 2. The summed E-state index contributed by atoms with van der Waals surface area (Å²) < 4.78 is 4.98. The Bertz CT molecular complexity index is 326. The number of amides is 2. The second-order valence-corrected chi connectivity index (χ2v) is 6.24. The van der Waals surface area contributed by atoms with Gasteiger partial charge < -0.3 is 10.1 Å². The maximum Gasteiger partial charge on any atom is 0.411 e. The summed E-state index contributed by atoms with van der Waals surface area (Å²) in [6.07, 6.45) is 6.83. The summed E-state index contributed by atoms with van der Waals surface area (Å²) in [5, 5.41) is 2.94. The van der Waals surface area contributed by atoms with Crippen LogP contribution in [0.15, 0.2) is 0 Å². The van der Waals surface area contributed by atoms with Crippen molar-refractivity contribution in [2.75, 3.05) is 24.8 Å². The van der Waals surface area contributed by atoms with E-state index in [1.807, 2.05) is 0 Å². The molecule has 1 aliphatic heterocycles. The largest absolute Gasteiger partial charge is 0.450 e. The fraction of sp³-hybridized carbons (Fsp3) is 0.867. The van der Waals surface area contributed by atoms with Crippen LogP contribution in [-0.2, 0) is 9.53 Å². The molecule has 1 unspecified atom stereocenters. The zero-order valence-electron chi connectivity index (χ0n) is 13.2. The summed E-state index contributed by atoms with van der Waals surface area (Å²) in [4.78, 5) is 25.4. The number of hydrogen-bond acceptors (Lipinski definition) is 4. The van der Waals surface area contributed by atoms with Gasteiger partial charge in [-0.25, -0.2) is 4.79 Å². The van der Waals surface area contributed by atoms with Gasteiger partial charge in [-0.1, -0.05) is 39.0 Å². The topological polar surface area (TPSA) is 58.6 Å². The molecule has 0 spiro atoms. The Morgan fingerprint density at radius 3 is 2.62 bits per heavy atom. The van der Waals surface area contributed by atoms with Gasteiger partial charge in [-0.2, -0.15) is 0 Å². The van der Waals surface area contributed by atoms with E-state index in [0.29, 0.717) is 24.8 Å². The van der Waals surface area contributed by atoms with Gasteiger partial charge in [-0.3, -0.25) is 9.69 Å². The maximum atomic E-state index is 12.1. The van der Waals surface area contributed by atoms with E-state index < -0.39 is 0 Å². The highest BCUT2D eigenvalue weighted by molar-refractivity contribution is 7.99. The first-order valence-electron chi connectivity index (χ1n) is 7.99. The molecule has 1 heterocycles. The highest BCUT2D eigenvalue weighted by Crippen LogP contribution is 2.21. The minimum Gasteiger partial charge on any atom is -0.450 e. The Morgan fingerprint density at radius 2 is 1.90 bits per heavy atom. The van der Waals surface area contributed by atoms with Gasteiger partial charge >= 0.3 is 6.09 Å². The van der Waals surface area contributed by atoms with Crippen molar-refractivity contribution in [1.29, 1.82) is 0 Å². The van der Waals surface area contributed by atoms with E-state index in [1.54, 1.807) is 18.7 Å². The highest BCUT2D eigenvalue weighted by Gasteiger charge is 2.35. The lowest BCUT2D eigenvalue weighted by Gasteiger charge is -2.22. The highest BCUT2D eigenvalue weighted by atomic mass is 32.2. The summed E-state index contributed by atoms with van der Waals surface area (Å²) in [5.74, 6) is 1.14. The zero-order chi connectivity index (χ0) is 15.5. The van der Waals surface area contributed by atoms with E-state index in [2.05, 4.69) is 12.2 Å². The van der Waals surface area contributed by atoms with Gasteiger partial charge in [0.05, 0.1) is 12.5 Å². The van der Waals surface area contributed by atoms with Gasteiger partial charge in [0.25, 0.3) is 0 Å². The third-order valence-electron chi connectivity index (χ3n) is 3.52. The Morgan fingerprint density at radius 1 is 1.19 bits per heavy atom. The molecule has 1 fully saturated rings. The molecule has 1 rings (SSSR count). The lowest BCUT2D eigenvalue weighted by molar-refractivity contribution is -0.124. The number of rotatable bonds is 9. The summed E-state index contributed by atoms with van der Waals surface area (Å²) in [6, 6.07) is -0.380. The van der Waals surface area contributed by atoms with Crippen molar-refractivity contribution in [3.05, 3.63) is 0 Å². The van der Waals surface area contributed by atoms with Crippen LogP contribution in [0.1, 0.15) is 52.4 Å². The van der Waals surface area contributed by atoms with Crippen molar-refractivity contribution < 1.29 is 14.3 Å². The molecule has 21 heavy (non-hydrogen) atoms. The van der Waals surface area contributed by atoms with Gasteiger partial charge in [-0.05, 0) is 13.3 Å². The van der Waals surface area contributed by atoms with E-state index in [4.69, 9.17) is 4.74 Å². The van der Waals surface area contributed by atoms with Gasteiger partial charge in [0.1, 0.15) is 6.04 Å². The monoisotopic (exact) mass is 316 g/mol. The molecule has 1 atom stereocenters. The quantitative estimate of drug-likeness (QED) is 0.664. The van der Waals surface area contributed by atoms with Crippen molar-refractivity contribution >= 4 is 23.8 Å². The first-order chi connectivity index (χ1) is 10.2. The molecule has 0 aromatic carbocycles. The molecule has 122 valence electrons. The predicted molar refractivity (Wildman–Crippen MR) is 86.4 cm³/mol. The second kappa shape index (κ2) is 10.8. The van der Waals surface area contributed by atoms with Gasteiger partial charge in [0, 0.05) is 12.3 Å². The van der Waals surface area contributed by atoms with Crippen LogP contribution >= 0.6 is 11.8 Å². The van der Waals surface area contributed by atoms with Gasteiger partial charge in [0.15, 0.2) is 0 Å². The zero-order valence-corrected chi connectivity index (χ0v) is 14.0. The van der Waals surface area contributed by atoms with E-state index in [0.717, 1.165) is 12.8 Å². The normalized spacial score (nSPS) is 17.8. The van der Waals surface area contributed by atoms with Gasteiger partial charge in [-0.15, -0.1) is 11.8 Å². The Balaban J connectivity index is 2.20. The third-order valence-corrected chi connectivity index (χ3v) is 4.53. The van der Waals surface area contributed by atoms with Crippen LogP contribution < -0.4 is 5.32 Å². The van der Waals surface area contributed by atoms with Crippen molar-refractivity contribution in [1.82, 2.24) is 10.2 Å². The molecule has 0 aromatic rings. The average molecular weight is 316 g/mol. The fourth-order valence-corrected chi connectivity index (χ4v) is 3.42. The molecule has 0 saturated carbocycles. The smallest absolute Gasteiger partial charge is 0.411 e. The van der Waals surface area contributed by atoms with E-state index in [-0.39, 0.29) is 18.0 Å². The Kier molecular flexibility index (Phi) is 9.30. The van der Waals surface area contributed by atoms with Crippen LogP contribution in [0.3, 0.4) is 0 Å². The summed E-state index contributed by atoms with van der Waals surface area (Å²) in [5.41, 5.74) is 0. The van der Waals surface area contributed by atoms with Crippen LogP contribution in [0.25, 0.3) is 0 Å². The average Bonchev–Trinajstić information content (AvgIpc) is 2.96. The van der Waals surface area contributed by atoms with Crippen molar-refractivity contribution in [3.8, 4) is 0 Å². The molecule has 1 aliphatic rings. The van der Waals surface area contributed by atoms with Crippen LogP contribution in [-0.4, -0.2) is 47.7 Å².